The number of nitrogens with zero attached hydrogens (tertiary/aromatic N) is 7. The van der Waals surface area contributed by atoms with Crippen molar-refractivity contribution in [2.75, 3.05) is 13.1 Å². The van der Waals surface area contributed by atoms with Gasteiger partial charge in [-0.05, 0) is 67.0 Å². The highest BCUT2D eigenvalue weighted by atomic mass is 32.1. The highest BCUT2D eigenvalue weighted by Gasteiger charge is 2.36. The summed E-state index contributed by atoms with van der Waals surface area (Å²) >= 11 is 6.62. The fourth-order valence-electron chi connectivity index (χ4n) is 8.36. The van der Waals surface area contributed by atoms with E-state index in [0.717, 1.165) is 88.8 Å². The lowest BCUT2D eigenvalue weighted by Gasteiger charge is -2.28. The first kappa shape index (κ1) is 65.1. The Morgan fingerprint density at radius 1 is 0.678 bits per heavy atom. The molecule has 7 aromatic rings. The summed E-state index contributed by atoms with van der Waals surface area (Å²) in [6.07, 6.45) is 4.57. The first-order chi connectivity index (χ1) is 41.5. The van der Waals surface area contributed by atoms with Gasteiger partial charge in [0.2, 0.25) is 5.91 Å². The number of ketones is 1. The van der Waals surface area contributed by atoms with Crippen LogP contribution in [0.2, 0.25) is 0 Å². The molecule has 0 fully saturated rings. The third kappa shape index (κ3) is 16.4. The summed E-state index contributed by atoms with van der Waals surface area (Å²) in [4.78, 5) is 140. The first-order valence-corrected chi connectivity index (χ1v) is 32.6. The van der Waals surface area contributed by atoms with Crippen LogP contribution in [0.15, 0.2) is 62.3 Å². The molecule has 87 heavy (non-hydrogen) atoms. The van der Waals surface area contributed by atoms with Crippen LogP contribution in [-0.4, -0.2) is 129 Å². The molecule has 5 atom stereocenters. The SMILES string of the molecule is C/C=C(\NC(=O)c1csc(-c2csc(-c3ccc4c(n3)-c3csc(n3)C(C(C)OC(=O)NCCCCCCC)NC(=O)c3csc(n3)C(C(C)(C)O)NC(=O)c3csc(n3)/C(=C/C)NC(=O)C(C(C)O)NC(=O)c3csc-4n3)n2)n1)C(=O)NCC(C)=O. The van der Waals surface area contributed by atoms with Gasteiger partial charge in [-0.25, -0.2) is 39.7 Å². The zero-order valence-corrected chi connectivity index (χ0v) is 53.2. The van der Waals surface area contributed by atoms with E-state index < -0.39 is 77.5 Å². The second-order valence-corrected chi connectivity index (χ2v) is 25.5. The topological polar surface area (TPSA) is 361 Å². The maximum Gasteiger partial charge on any atom is 0.407 e. The molecular formula is C56H62N14O11S6. The van der Waals surface area contributed by atoms with Crippen LogP contribution < -0.4 is 37.2 Å². The predicted octanol–water partition coefficient (Wildman–Crippen LogP) is 7.60. The number of aromatic nitrogens is 7. The van der Waals surface area contributed by atoms with Gasteiger partial charge < -0.3 is 52.2 Å². The molecule has 25 nitrogen and oxygen atoms in total. The van der Waals surface area contributed by atoms with Crippen molar-refractivity contribution >= 4 is 121 Å². The summed E-state index contributed by atoms with van der Waals surface area (Å²) in [6.45, 7) is 12.6. The minimum Gasteiger partial charge on any atom is -0.444 e. The van der Waals surface area contributed by atoms with Crippen molar-refractivity contribution in [1.29, 1.82) is 0 Å². The van der Waals surface area contributed by atoms with Crippen molar-refractivity contribution in [3.63, 3.8) is 0 Å². The summed E-state index contributed by atoms with van der Waals surface area (Å²) in [6, 6.07) is -0.356. The third-order valence-corrected chi connectivity index (χ3v) is 18.3. The molecule has 9 N–H and O–H groups in total. The summed E-state index contributed by atoms with van der Waals surface area (Å²) in [5.74, 6) is -4.57. The van der Waals surface area contributed by atoms with E-state index in [4.69, 9.17) is 19.7 Å². The van der Waals surface area contributed by atoms with E-state index in [-0.39, 0.29) is 72.9 Å². The highest BCUT2D eigenvalue weighted by Crippen LogP contribution is 2.39. The van der Waals surface area contributed by atoms with E-state index in [9.17, 15) is 48.6 Å². The lowest BCUT2D eigenvalue weighted by Crippen LogP contribution is -2.52. The fraction of sp³-hybridized carbons (Fsp3) is 0.375. The standard InChI is InChI=1S/C56H62N14O11S6/c1-9-12-13-14-15-18-57-55(79)81-28(6)40-53-62-33(20-86-53)41-29(16-17-32(59-41)51-67-38(25-85-51)52-65-34(22-84-52)44(74)60-30(10-2)43(73)58-19-26(4)71)49-63-35(21-82-49)45(75)68-39(27(5)72)48(78)61-31(11-3)50-64-37(23-83-50)47(77)70-42(56(7,8)80)54-66-36(24-87-54)46(76)69-40/h10-11,16-17,20-25,27-28,39-40,42,72,80H,9,12-15,18-19H2,1-8H3,(H,57,79)(H,58,73)(H,60,74)(H,61,78)(H,68,75)(H,69,76)(H,70,77)/b30-10-,31-11-. The van der Waals surface area contributed by atoms with Gasteiger partial charge in [-0.1, -0.05) is 44.8 Å². The van der Waals surface area contributed by atoms with Crippen molar-refractivity contribution in [1.82, 2.24) is 72.1 Å². The van der Waals surface area contributed by atoms with Crippen LogP contribution >= 0.6 is 68.0 Å². The largest absolute Gasteiger partial charge is 0.444 e. The van der Waals surface area contributed by atoms with Gasteiger partial charge in [-0.15, -0.1) is 68.0 Å². The molecule has 0 aliphatic carbocycles. The normalized spacial score (nSPS) is 17.2. The van der Waals surface area contributed by atoms with Crippen molar-refractivity contribution in [3.05, 3.63) is 100 Å². The molecule has 8 rings (SSSR count). The van der Waals surface area contributed by atoms with E-state index in [0.29, 0.717) is 38.5 Å². The number of Topliss-reactive ketones (excluding diaryl/α,β-unsaturated/α-hetero) is 1. The number of alkyl carbamates (subject to hydrolysis) is 1. The number of nitrogens with one attached hydrogen (secondary N) is 7. The monoisotopic (exact) mass is 1300 g/mol. The molecular weight excluding hydrogens is 1240 g/mol. The molecule has 458 valence electrons. The molecule has 5 unspecified atom stereocenters. The zero-order valence-electron chi connectivity index (χ0n) is 48.3. The Labute approximate surface area is 523 Å². The zero-order chi connectivity index (χ0) is 62.7. The lowest BCUT2D eigenvalue weighted by molar-refractivity contribution is -0.124. The minimum atomic E-state index is -1.63. The third-order valence-electron chi connectivity index (χ3n) is 13.0. The van der Waals surface area contributed by atoms with Crippen LogP contribution in [0.3, 0.4) is 0 Å². The van der Waals surface area contributed by atoms with Crippen molar-refractivity contribution in [2.45, 2.75) is 123 Å². The maximum atomic E-state index is 14.5. The molecule has 7 amide bonds. The van der Waals surface area contributed by atoms with Gasteiger partial charge in [0.1, 0.15) is 106 Å². The van der Waals surface area contributed by atoms with E-state index in [1.54, 1.807) is 43.7 Å². The number of carbonyl (C=O) groups is 8. The Balaban J connectivity index is 1.18. The molecule has 0 radical (unpaired) electrons. The van der Waals surface area contributed by atoms with Crippen LogP contribution in [0.1, 0.15) is 157 Å². The van der Waals surface area contributed by atoms with Gasteiger partial charge in [0.25, 0.3) is 29.5 Å². The van der Waals surface area contributed by atoms with Crippen molar-refractivity contribution < 1.29 is 53.3 Å². The van der Waals surface area contributed by atoms with E-state index in [1.165, 1.54) is 72.7 Å². The fourth-order valence-corrected chi connectivity index (χ4v) is 13.6. The highest BCUT2D eigenvalue weighted by molar-refractivity contribution is 7.15. The average Bonchev–Trinajstić information content (AvgIpc) is 2.10. The van der Waals surface area contributed by atoms with Crippen LogP contribution in [0.25, 0.3) is 49.1 Å². The molecule has 0 saturated carbocycles. The molecule has 8 heterocycles. The lowest BCUT2D eigenvalue weighted by atomic mass is 9.99. The van der Waals surface area contributed by atoms with E-state index in [2.05, 4.69) is 64.1 Å². The van der Waals surface area contributed by atoms with Crippen LogP contribution in [0.5, 0.6) is 0 Å². The Hall–Kier alpha value is -7.91. The molecule has 1 aliphatic rings. The Kier molecular flexibility index (Phi) is 21.8. The Morgan fingerprint density at radius 2 is 1.26 bits per heavy atom. The molecule has 0 aromatic carbocycles. The quantitative estimate of drug-likeness (QED) is 0.0313. The first-order valence-electron chi connectivity index (χ1n) is 27.3. The number of rotatable bonds is 17. The van der Waals surface area contributed by atoms with Gasteiger partial charge in [-0.3, -0.25) is 33.6 Å². The number of thiazole rings is 6. The number of pyridine rings is 1. The molecule has 8 bridgehead atoms. The van der Waals surface area contributed by atoms with Gasteiger partial charge in [-0.2, -0.15) is 0 Å². The number of carbonyl (C=O) groups excluding carboxylic acids is 8. The minimum absolute atomic E-state index is 0.0137. The molecule has 7 aromatic heterocycles. The summed E-state index contributed by atoms with van der Waals surface area (Å²) in [7, 11) is 0. The summed E-state index contributed by atoms with van der Waals surface area (Å²) in [5.41, 5.74) is -0.0556. The summed E-state index contributed by atoms with van der Waals surface area (Å²) < 4.78 is 5.92. The second-order valence-electron chi connectivity index (χ2n) is 20.3. The van der Waals surface area contributed by atoms with Gasteiger partial charge in [0, 0.05) is 44.4 Å². The van der Waals surface area contributed by atoms with Gasteiger partial charge in [0.05, 0.1) is 29.6 Å². The van der Waals surface area contributed by atoms with Gasteiger partial charge in [0.15, 0.2) is 0 Å². The number of aliphatic hydroxyl groups excluding tert-OH is 1. The van der Waals surface area contributed by atoms with Crippen LogP contribution in [0, 0.1) is 0 Å². The predicted molar refractivity (Wildman–Crippen MR) is 332 cm³/mol. The number of aliphatic hydroxyl groups is 2. The van der Waals surface area contributed by atoms with Crippen molar-refractivity contribution in [3.8, 4) is 43.4 Å². The number of amides is 7. The smallest absolute Gasteiger partial charge is 0.407 e. The number of ether oxygens (including phenoxy) is 1. The molecule has 1 aliphatic heterocycles. The number of fused-ring (bicyclic) bond motifs is 11. The molecule has 0 saturated heterocycles. The molecule has 31 heteroatoms. The van der Waals surface area contributed by atoms with Crippen LogP contribution in [0.4, 0.5) is 4.79 Å². The number of hydrogen-bond donors (Lipinski definition) is 9. The Morgan fingerprint density at radius 3 is 1.95 bits per heavy atom. The second kappa shape index (κ2) is 29.2. The Bertz CT molecular complexity index is 3760. The summed E-state index contributed by atoms with van der Waals surface area (Å²) in [5, 5.41) is 52.2. The van der Waals surface area contributed by atoms with E-state index in [1.807, 2.05) is 0 Å². The number of unbranched alkanes of at least 4 members (excludes halogenated alkanes) is 4. The van der Waals surface area contributed by atoms with Crippen molar-refractivity contribution in [2.24, 2.45) is 0 Å². The average molecular weight is 1300 g/mol. The van der Waals surface area contributed by atoms with Crippen LogP contribution in [-0.2, 0) is 19.1 Å². The number of hydrogen-bond acceptors (Lipinski definition) is 24. The number of allylic oxidation sites excluding steroid dienone is 2. The van der Waals surface area contributed by atoms with Gasteiger partial charge >= 0.3 is 6.09 Å². The molecule has 0 spiro atoms. The maximum absolute atomic E-state index is 14.5. The van der Waals surface area contributed by atoms with E-state index >= 15 is 0 Å².